The molecule has 0 amide bonds. The molecule has 0 saturated carbocycles. The van der Waals surface area contributed by atoms with Crippen molar-refractivity contribution in [3.05, 3.63) is 51.7 Å². The number of rotatable bonds is 2. The minimum absolute atomic E-state index is 0.00382. The third-order valence-corrected chi connectivity index (χ3v) is 6.05. The van der Waals surface area contributed by atoms with E-state index in [1.54, 1.807) is 0 Å². The Kier molecular flexibility index (Phi) is 3.02. The van der Waals surface area contributed by atoms with Crippen LogP contribution in [0.3, 0.4) is 0 Å². The SMILES string of the molecule is CCc1ccc(Br)cc1C1=C(O)[C@H]2[C@@H](C1=O)[C@]1(C)C=C[C@@]2(C)O1. The second-order valence-electron chi connectivity index (χ2n) is 7.04. The zero-order valence-electron chi connectivity index (χ0n) is 13.4. The molecule has 3 nitrogen and oxygen atoms in total. The van der Waals surface area contributed by atoms with E-state index in [1.807, 2.05) is 44.2 Å². The monoisotopic (exact) mass is 374 g/mol. The van der Waals surface area contributed by atoms with Gasteiger partial charge in [-0.25, -0.2) is 0 Å². The molecule has 23 heavy (non-hydrogen) atoms. The lowest BCUT2D eigenvalue weighted by Gasteiger charge is -2.26. The molecule has 1 saturated heterocycles. The van der Waals surface area contributed by atoms with Gasteiger partial charge in [-0.3, -0.25) is 4.79 Å². The first-order valence-corrected chi connectivity index (χ1v) is 8.77. The Hall–Kier alpha value is -1.39. The Bertz CT molecular complexity index is 794. The molecule has 2 heterocycles. The summed E-state index contributed by atoms with van der Waals surface area (Å²) in [4.78, 5) is 13.2. The van der Waals surface area contributed by atoms with E-state index >= 15 is 0 Å². The number of hydrogen-bond donors (Lipinski definition) is 1. The highest BCUT2D eigenvalue weighted by molar-refractivity contribution is 9.10. The van der Waals surface area contributed by atoms with Crippen molar-refractivity contribution in [2.24, 2.45) is 11.8 Å². The first-order chi connectivity index (χ1) is 10.8. The third-order valence-electron chi connectivity index (χ3n) is 5.56. The van der Waals surface area contributed by atoms with Gasteiger partial charge in [0.1, 0.15) is 5.76 Å². The van der Waals surface area contributed by atoms with Crippen LogP contribution >= 0.6 is 15.9 Å². The fourth-order valence-corrected chi connectivity index (χ4v) is 4.87. The van der Waals surface area contributed by atoms with Crippen molar-refractivity contribution < 1.29 is 14.6 Å². The zero-order chi connectivity index (χ0) is 16.6. The summed E-state index contributed by atoms with van der Waals surface area (Å²) < 4.78 is 6.99. The van der Waals surface area contributed by atoms with Gasteiger partial charge in [0.05, 0.1) is 28.6 Å². The van der Waals surface area contributed by atoms with Crippen LogP contribution in [0.4, 0.5) is 0 Å². The van der Waals surface area contributed by atoms with E-state index in [0.29, 0.717) is 5.57 Å². The summed E-state index contributed by atoms with van der Waals surface area (Å²) in [6.45, 7) is 5.95. The van der Waals surface area contributed by atoms with Crippen molar-refractivity contribution in [2.75, 3.05) is 0 Å². The highest BCUT2D eigenvalue weighted by atomic mass is 79.9. The predicted octanol–water partition coefficient (Wildman–Crippen LogP) is 4.21. The number of carbonyl (C=O) groups excluding carboxylic acids is 1. The number of carbonyl (C=O) groups is 1. The molecule has 2 bridgehead atoms. The van der Waals surface area contributed by atoms with Crippen molar-refractivity contribution in [3.63, 3.8) is 0 Å². The maximum Gasteiger partial charge on any atom is 0.174 e. The highest BCUT2D eigenvalue weighted by Gasteiger charge is 2.67. The average Bonchev–Trinajstić information content (AvgIpc) is 3.04. The molecule has 0 unspecified atom stereocenters. The summed E-state index contributed by atoms with van der Waals surface area (Å²) in [7, 11) is 0. The fourth-order valence-electron chi connectivity index (χ4n) is 4.51. The number of fused-ring (bicyclic) bond motifs is 5. The number of ketones is 1. The van der Waals surface area contributed by atoms with Gasteiger partial charge in [0.25, 0.3) is 0 Å². The second-order valence-corrected chi connectivity index (χ2v) is 7.95. The number of aryl methyl sites for hydroxylation is 1. The number of halogens is 1. The molecule has 1 aromatic rings. The van der Waals surface area contributed by atoms with Gasteiger partial charge in [0.15, 0.2) is 5.78 Å². The summed E-state index contributed by atoms with van der Waals surface area (Å²) in [5.41, 5.74) is 1.16. The van der Waals surface area contributed by atoms with Crippen molar-refractivity contribution >= 4 is 27.3 Å². The van der Waals surface area contributed by atoms with E-state index in [2.05, 4.69) is 22.9 Å². The summed E-state index contributed by atoms with van der Waals surface area (Å²) in [5, 5.41) is 10.9. The van der Waals surface area contributed by atoms with Gasteiger partial charge >= 0.3 is 0 Å². The molecule has 4 rings (SSSR count). The lowest BCUT2D eigenvalue weighted by molar-refractivity contribution is -0.120. The number of hydrogen-bond acceptors (Lipinski definition) is 3. The van der Waals surface area contributed by atoms with Crippen LogP contribution in [0.1, 0.15) is 31.9 Å². The summed E-state index contributed by atoms with van der Waals surface area (Å²) in [6.07, 6.45) is 4.78. The average molecular weight is 375 g/mol. The van der Waals surface area contributed by atoms with E-state index in [0.717, 1.165) is 22.0 Å². The molecule has 4 heteroatoms. The molecule has 1 fully saturated rings. The molecule has 4 atom stereocenters. The summed E-state index contributed by atoms with van der Waals surface area (Å²) in [6, 6.07) is 5.91. The van der Waals surface area contributed by atoms with E-state index < -0.39 is 11.2 Å². The molecule has 3 aliphatic rings. The van der Waals surface area contributed by atoms with Gasteiger partial charge in [0, 0.05) is 4.47 Å². The van der Waals surface area contributed by atoms with Crippen LogP contribution in [-0.2, 0) is 16.0 Å². The van der Waals surface area contributed by atoms with E-state index in [-0.39, 0.29) is 23.4 Å². The zero-order valence-corrected chi connectivity index (χ0v) is 15.0. The van der Waals surface area contributed by atoms with Crippen LogP contribution in [0, 0.1) is 11.8 Å². The van der Waals surface area contributed by atoms with Crippen LogP contribution in [-0.4, -0.2) is 22.1 Å². The van der Waals surface area contributed by atoms with Crippen LogP contribution in [0.25, 0.3) is 5.57 Å². The van der Waals surface area contributed by atoms with Gasteiger partial charge < -0.3 is 9.84 Å². The maximum atomic E-state index is 13.2. The lowest BCUT2D eigenvalue weighted by Crippen LogP contribution is -2.36. The number of ether oxygens (including phenoxy) is 1. The molecule has 0 aromatic heterocycles. The van der Waals surface area contributed by atoms with Crippen LogP contribution in [0.15, 0.2) is 40.6 Å². The first kappa shape index (κ1) is 15.2. The minimum atomic E-state index is -0.620. The van der Waals surface area contributed by atoms with Crippen LogP contribution in [0.5, 0.6) is 0 Å². The van der Waals surface area contributed by atoms with Gasteiger partial charge in [-0.2, -0.15) is 0 Å². The highest BCUT2D eigenvalue weighted by Crippen LogP contribution is 2.60. The second kappa shape index (κ2) is 4.58. The van der Waals surface area contributed by atoms with Crippen LogP contribution < -0.4 is 0 Å². The molecule has 1 N–H and O–H groups in total. The lowest BCUT2D eigenvalue weighted by atomic mass is 9.72. The predicted molar refractivity (Wildman–Crippen MR) is 92.1 cm³/mol. The number of aliphatic hydroxyl groups is 1. The minimum Gasteiger partial charge on any atom is -0.511 e. The Morgan fingerprint density at radius 1 is 1.22 bits per heavy atom. The molecule has 0 spiro atoms. The molecule has 120 valence electrons. The number of Topliss-reactive ketones (excluding diaryl/α,β-unsaturated/α-hetero) is 1. The van der Waals surface area contributed by atoms with Gasteiger partial charge in [-0.15, -0.1) is 0 Å². The van der Waals surface area contributed by atoms with Crippen molar-refractivity contribution in [2.45, 2.75) is 38.4 Å². The Labute approximate surface area is 144 Å². The number of benzene rings is 1. The third kappa shape index (κ3) is 1.82. The van der Waals surface area contributed by atoms with E-state index in [9.17, 15) is 9.90 Å². The van der Waals surface area contributed by atoms with E-state index in [4.69, 9.17) is 4.74 Å². The standard InChI is InChI=1S/C19H19BrO3/c1-4-10-5-6-11(20)9-12(10)13-16(21)14-15(17(13)22)19(3)8-7-18(14,2)23-19/h5-9,14-15,21H,4H2,1-3H3/t14-,15+,18-,19+/m1/s1. The molecular formula is C19H19BrO3. The Balaban J connectivity index is 1.91. The van der Waals surface area contributed by atoms with Gasteiger partial charge in [-0.05, 0) is 43.5 Å². The van der Waals surface area contributed by atoms with E-state index in [1.165, 1.54) is 0 Å². The topological polar surface area (TPSA) is 46.5 Å². The van der Waals surface area contributed by atoms with Crippen LogP contribution in [0.2, 0.25) is 0 Å². The van der Waals surface area contributed by atoms with Crippen molar-refractivity contribution in [3.8, 4) is 0 Å². The Morgan fingerprint density at radius 2 is 1.87 bits per heavy atom. The molecular weight excluding hydrogens is 356 g/mol. The largest absolute Gasteiger partial charge is 0.511 e. The van der Waals surface area contributed by atoms with Gasteiger partial charge in [-0.1, -0.05) is 41.1 Å². The fraction of sp³-hybridized carbons (Fsp3) is 0.421. The summed E-state index contributed by atoms with van der Waals surface area (Å²) >= 11 is 3.48. The molecule has 2 aliphatic heterocycles. The molecule has 0 radical (unpaired) electrons. The normalized spacial score (nSPS) is 37.8. The first-order valence-electron chi connectivity index (χ1n) is 7.97. The maximum absolute atomic E-state index is 13.2. The quantitative estimate of drug-likeness (QED) is 0.788. The van der Waals surface area contributed by atoms with Crippen molar-refractivity contribution in [1.29, 1.82) is 0 Å². The number of aliphatic hydroxyl groups excluding tert-OH is 1. The molecule has 1 aliphatic carbocycles. The van der Waals surface area contributed by atoms with Gasteiger partial charge in [0.2, 0.25) is 0 Å². The summed E-state index contributed by atoms with van der Waals surface area (Å²) in [5.74, 6) is -0.445. The Morgan fingerprint density at radius 3 is 2.48 bits per heavy atom. The van der Waals surface area contributed by atoms with Crippen molar-refractivity contribution in [1.82, 2.24) is 0 Å². The molecule has 1 aromatic carbocycles. The number of allylic oxidation sites excluding steroid dienone is 1. The smallest absolute Gasteiger partial charge is 0.174 e.